The van der Waals surface area contributed by atoms with Gasteiger partial charge in [0, 0.05) is 49.8 Å². The van der Waals surface area contributed by atoms with Gasteiger partial charge in [0.05, 0.1) is 12.2 Å². The molecule has 1 fully saturated rings. The van der Waals surface area contributed by atoms with Crippen molar-refractivity contribution >= 4 is 21.9 Å². The fraction of sp³-hybridized carbons (Fsp3) is 0.474. The maximum absolute atomic E-state index is 5.16. The quantitative estimate of drug-likeness (QED) is 0.596. The predicted octanol–water partition coefficient (Wildman–Crippen LogP) is 3.03. The molecule has 0 radical (unpaired) electrons. The third-order valence-corrected chi connectivity index (χ3v) is 4.92. The smallest absolute Gasteiger partial charge is 0.194 e. The number of aryl methyl sites for hydroxylation is 1. The monoisotopic (exact) mass is 419 g/mol. The second-order valence-corrected chi connectivity index (χ2v) is 7.40. The van der Waals surface area contributed by atoms with Crippen LogP contribution in [0.3, 0.4) is 0 Å². The highest BCUT2D eigenvalue weighted by Gasteiger charge is 2.20. The first-order chi connectivity index (χ1) is 12.6. The summed E-state index contributed by atoms with van der Waals surface area (Å²) in [7, 11) is 0. The molecule has 1 aliphatic heterocycles. The Morgan fingerprint density at radius 2 is 1.96 bits per heavy atom. The number of aromatic nitrogens is 1. The molecule has 0 atom stereocenters. The largest absolute Gasteiger partial charge is 0.361 e. The van der Waals surface area contributed by atoms with E-state index in [0.29, 0.717) is 6.54 Å². The number of hydrogen-bond donors (Lipinski definition) is 1. The van der Waals surface area contributed by atoms with E-state index in [1.54, 1.807) is 0 Å². The Labute approximate surface area is 163 Å². The van der Waals surface area contributed by atoms with Crippen LogP contribution < -0.4 is 5.32 Å². The van der Waals surface area contributed by atoms with Crippen molar-refractivity contribution in [3.8, 4) is 0 Å². The van der Waals surface area contributed by atoms with Crippen LogP contribution >= 0.6 is 15.9 Å². The number of aliphatic imine (C=N–C) groups is 1. The van der Waals surface area contributed by atoms with Gasteiger partial charge in [-0.1, -0.05) is 33.2 Å². The highest BCUT2D eigenvalue weighted by molar-refractivity contribution is 9.10. The van der Waals surface area contributed by atoms with E-state index in [2.05, 4.69) is 67.4 Å². The molecule has 2 heterocycles. The molecule has 1 aromatic carbocycles. The van der Waals surface area contributed by atoms with Gasteiger partial charge in [-0.2, -0.15) is 0 Å². The van der Waals surface area contributed by atoms with Crippen molar-refractivity contribution in [1.29, 1.82) is 0 Å². The zero-order valence-electron chi connectivity index (χ0n) is 15.4. The van der Waals surface area contributed by atoms with Gasteiger partial charge in [0.25, 0.3) is 0 Å². The summed E-state index contributed by atoms with van der Waals surface area (Å²) >= 11 is 3.47. The second kappa shape index (κ2) is 9.19. The number of benzene rings is 1. The van der Waals surface area contributed by atoms with Crippen LogP contribution in [0.2, 0.25) is 0 Å². The van der Waals surface area contributed by atoms with Gasteiger partial charge in [0.1, 0.15) is 5.76 Å². The molecule has 0 saturated carbocycles. The van der Waals surface area contributed by atoms with E-state index in [0.717, 1.165) is 61.2 Å². The first kappa shape index (κ1) is 18.9. The average Bonchev–Trinajstić information content (AvgIpc) is 3.05. The minimum Gasteiger partial charge on any atom is -0.361 e. The van der Waals surface area contributed by atoms with Gasteiger partial charge >= 0.3 is 0 Å². The van der Waals surface area contributed by atoms with Crippen LogP contribution in [-0.2, 0) is 13.1 Å². The Hall–Kier alpha value is -1.86. The molecule has 0 amide bonds. The zero-order valence-corrected chi connectivity index (χ0v) is 17.0. The zero-order chi connectivity index (χ0) is 18.4. The summed E-state index contributed by atoms with van der Waals surface area (Å²) in [5.41, 5.74) is 2.22. The van der Waals surface area contributed by atoms with Crippen LogP contribution in [0.15, 0.2) is 44.3 Å². The minimum atomic E-state index is 0.689. The van der Waals surface area contributed by atoms with Crippen LogP contribution in [0.4, 0.5) is 0 Å². The highest BCUT2D eigenvalue weighted by Crippen LogP contribution is 2.12. The van der Waals surface area contributed by atoms with Gasteiger partial charge in [-0.25, -0.2) is 4.99 Å². The molecule has 1 aromatic heterocycles. The molecule has 3 rings (SSSR count). The summed E-state index contributed by atoms with van der Waals surface area (Å²) in [6.07, 6.45) is 0. The van der Waals surface area contributed by atoms with Crippen LogP contribution in [0.1, 0.15) is 23.9 Å². The van der Waals surface area contributed by atoms with Gasteiger partial charge in [-0.3, -0.25) is 4.90 Å². The maximum Gasteiger partial charge on any atom is 0.194 e. The summed E-state index contributed by atoms with van der Waals surface area (Å²) < 4.78 is 6.25. The first-order valence-electron chi connectivity index (χ1n) is 9.06. The van der Waals surface area contributed by atoms with E-state index in [-0.39, 0.29) is 0 Å². The molecule has 1 saturated heterocycles. The van der Waals surface area contributed by atoms with Crippen LogP contribution in [-0.4, -0.2) is 53.6 Å². The number of rotatable bonds is 5. The Kier molecular flexibility index (Phi) is 6.68. The lowest BCUT2D eigenvalue weighted by molar-refractivity contribution is 0.169. The molecule has 0 aliphatic carbocycles. The topological polar surface area (TPSA) is 56.9 Å². The van der Waals surface area contributed by atoms with Crippen molar-refractivity contribution in [2.75, 3.05) is 32.7 Å². The number of halogens is 1. The first-order valence-corrected chi connectivity index (χ1v) is 9.85. The SMILES string of the molecule is CCNC(=NCc1ccc(Br)cc1)N1CCN(Cc2cc(C)on2)CC1. The molecule has 7 heteroatoms. The molecule has 140 valence electrons. The van der Waals surface area contributed by atoms with E-state index in [1.165, 1.54) is 5.56 Å². The van der Waals surface area contributed by atoms with E-state index >= 15 is 0 Å². The number of hydrogen-bond acceptors (Lipinski definition) is 4. The van der Waals surface area contributed by atoms with Gasteiger partial charge < -0.3 is 14.7 Å². The summed E-state index contributed by atoms with van der Waals surface area (Å²) in [6, 6.07) is 10.3. The Balaban J connectivity index is 1.55. The van der Waals surface area contributed by atoms with E-state index in [9.17, 15) is 0 Å². The van der Waals surface area contributed by atoms with Gasteiger partial charge in [-0.05, 0) is 31.5 Å². The lowest BCUT2D eigenvalue weighted by atomic mass is 10.2. The van der Waals surface area contributed by atoms with Crippen LogP contribution in [0.5, 0.6) is 0 Å². The van der Waals surface area contributed by atoms with Gasteiger partial charge in [0.2, 0.25) is 0 Å². The van der Waals surface area contributed by atoms with Crippen molar-refractivity contribution in [3.63, 3.8) is 0 Å². The highest BCUT2D eigenvalue weighted by atomic mass is 79.9. The predicted molar refractivity (Wildman–Crippen MR) is 107 cm³/mol. The molecule has 1 aliphatic rings. The molecule has 26 heavy (non-hydrogen) atoms. The van der Waals surface area contributed by atoms with Crippen LogP contribution in [0.25, 0.3) is 0 Å². The third kappa shape index (κ3) is 5.32. The lowest BCUT2D eigenvalue weighted by Gasteiger charge is -2.36. The van der Waals surface area contributed by atoms with Crippen LogP contribution in [0, 0.1) is 6.92 Å². The summed E-state index contributed by atoms with van der Waals surface area (Å²) in [5.74, 6) is 1.86. The van der Waals surface area contributed by atoms with Gasteiger partial charge in [-0.15, -0.1) is 0 Å². The number of piperazine rings is 1. The van der Waals surface area contributed by atoms with Crippen molar-refractivity contribution in [1.82, 2.24) is 20.3 Å². The fourth-order valence-electron chi connectivity index (χ4n) is 3.02. The summed E-state index contributed by atoms with van der Waals surface area (Å²) in [4.78, 5) is 9.57. The molecule has 0 bridgehead atoms. The molecule has 6 nitrogen and oxygen atoms in total. The van der Waals surface area contributed by atoms with Crippen molar-refractivity contribution in [2.45, 2.75) is 26.9 Å². The molecule has 2 aromatic rings. The number of guanidine groups is 1. The number of nitrogens with zero attached hydrogens (tertiary/aromatic N) is 4. The Morgan fingerprint density at radius 3 is 2.58 bits per heavy atom. The Morgan fingerprint density at radius 1 is 1.23 bits per heavy atom. The van der Waals surface area contributed by atoms with Crippen molar-refractivity contribution < 1.29 is 4.52 Å². The fourth-order valence-corrected chi connectivity index (χ4v) is 3.29. The summed E-state index contributed by atoms with van der Waals surface area (Å²) in [5, 5.41) is 7.52. The molecule has 1 N–H and O–H groups in total. The molecular weight excluding hydrogens is 394 g/mol. The molecular formula is C19H26BrN5O. The van der Waals surface area contributed by atoms with E-state index < -0.39 is 0 Å². The Bertz CT molecular complexity index is 720. The third-order valence-electron chi connectivity index (χ3n) is 4.39. The van der Waals surface area contributed by atoms with Crippen molar-refractivity contribution in [3.05, 3.63) is 51.8 Å². The standard InChI is InChI=1S/C19H26BrN5O/c1-3-21-19(22-13-16-4-6-17(20)7-5-16)25-10-8-24(9-11-25)14-18-12-15(2)26-23-18/h4-7,12H,3,8-11,13-14H2,1-2H3,(H,21,22). The van der Waals surface area contributed by atoms with Gasteiger partial charge in [0.15, 0.2) is 5.96 Å². The average molecular weight is 420 g/mol. The lowest BCUT2D eigenvalue weighted by Crippen LogP contribution is -2.52. The molecule has 0 spiro atoms. The second-order valence-electron chi connectivity index (χ2n) is 6.49. The normalized spacial score (nSPS) is 16.1. The maximum atomic E-state index is 5.16. The minimum absolute atomic E-state index is 0.689. The number of nitrogens with one attached hydrogen (secondary N) is 1. The van der Waals surface area contributed by atoms with Crippen molar-refractivity contribution in [2.24, 2.45) is 4.99 Å². The molecule has 0 unspecified atom stereocenters. The summed E-state index contributed by atoms with van der Waals surface area (Å²) in [6.45, 7) is 10.4. The van der Waals surface area contributed by atoms with E-state index in [1.807, 2.05) is 13.0 Å². The van der Waals surface area contributed by atoms with E-state index in [4.69, 9.17) is 9.52 Å².